The summed E-state index contributed by atoms with van der Waals surface area (Å²) in [6, 6.07) is 0.528. The van der Waals surface area contributed by atoms with Gasteiger partial charge in [-0.1, -0.05) is 19.8 Å². The predicted molar refractivity (Wildman–Crippen MR) is 74.4 cm³/mol. The van der Waals surface area contributed by atoms with Crippen LogP contribution in [0.3, 0.4) is 0 Å². The molecule has 104 valence electrons. The van der Waals surface area contributed by atoms with Crippen molar-refractivity contribution in [1.82, 2.24) is 10.2 Å². The molecule has 0 bridgehead atoms. The maximum absolute atomic E-state index is 11.6. The number of nitrogens with zero attached hydrogens (tertiary/aromatic N) is 1. The molecule has 0 spiro atoms. The highest BCUT2D eigenvalue weighted by molar-refractivity contribution is 5.73. The van der Waals surface area contributed by atoms with E-state index in [1.54, 1.807) is 6.92 Å². The molecule has 1 saturated heterocycles. The first kappa shape index (κ1) is 13.9. The monoisotopic (exact) mass is 252 g/mol. The predicted octanol–water partition coefficient (Wildman–Crippen LogP) is 2.41. The molecule has 18 heavy (non-hydrogen) atoms. The van der Waals surface area contributed by atoms with Gasteiger partial charge >= 0.3 is 0 Å². The van der Waals surface area contributed by atoms with Crippen LogP contribution in [0.5, 0.6) is 0 Å². The Bertz CT molecular complexity index is 276. The van der Waals surface area contributed by atoms with Gasteiger partial charge in [-0.25, -0.2) is 0 Å². The normalized spacial score (nSPS) is 29.1. The third-order valence-corrected chi connectivity index (χ3v) is 4.60. The van der Waals surface area contributed by atoms with E-state index in [0.29, 0.717) is 12.0 Å². The third-order valence-electron chi connectivity index (χ3n) is 4.60. The van der Waals surface area contributed by atoms with Crippen LogP contribution in [0.25, 0.3) is 0 Å². The van der Waals surface area contributed by atoms with E-state index in [2.05, 4.69) is 12.2 Å². The number of piperidine rings is 1. The molecule has 0 radical (unpaired) electrons. The Labute approximate surface area is 111 Å². The number of carbonyl (C=O) groups excluding carboxylic acids is 1. The number of rotatable bonds is 5. The van der Waals surface area contributed by atoms with Gasteiger partial charge in [0.05, 0.1) is 0 Å². The van der Waals surface area contributed by atoms with E-state index < -0.39 is 0 Å². The largest absolute Gasteiger partial charge is 0.341 e. The van der Waals surface area contributed by atoms with E-state index in [0.717, 1.165) is 25.6 Å². The lowest BCUT2D eigenvalue weighted by molar-refractivity contribution is -0.131. The second-order valence-electron chi connectivity index (χ2n) is 6.22. The van der Waals surface area contributed by atoms with Gasteiger partial charge < -0.3 is 10.2 Å². The molecule has 1 amide bonds. The molecule has 1 saturated carbocycles. The van der Waals surface area contributed by atoms with Gasteiger partial charge in [-0.2, -0.15) is 0 Å². The fraction of sp³-hybridized carbons (Fsp3) is 0.933. The molecule has 2 aliphatic rings. The molecule has 1 heterocycles. The molecule has 1 aliphatic heterocycles. The highest BCUT2D eigenvalue weighted by Crippen LogP contribution is 2.26. The fourth-order valence-corrected chi connectivity index (χ4v) is 3.26. The standard InChI is InChI=1S/C15H28N2O/c1-3-5-14-8-15(11-17(10-14)12(2)18)16-9-13-6-4-7-13/h13-16H,3-11H2,1-2H3. The van der Waals surface area contributed by atoms with Crippen molar-refractivity contribution in [3.63, 3.8) is 0 Å². The van der Waals surface area contributed by atoms with E-state index in [9.17, 15) is 4.79 Å². The average Bonchev–Trinajstić information content (AvgIpc) is 2.27. The fourth-order valence-electron chi connectivity index (χ4n) is 3.26. The van der Waals surface area contributed by atoms with Gasteiger partial charge in [0, 0.05) is 26.1 Å². The van der Waals surface area contributed by atoms with E-state index in [-0.39, 0.29) is 5.91 Å². The van der Waals surface area contributed by atoms with Crippen molar-refractivity contribution in [2.24, 2.45) is 11.8 Å². The number of hydrogen-bond donors (Lipinski definition) is 1. The molecule has 0 aromatic heterocycles. The van der Waals surface area contributed by atoms with Crippen LogP contribution in [-0.2, 0) is 4.79 Å². The summed E-state index contributed by atoms with van der Waals surface area (Å²) < 4.78 is 0. The molecule has 0 aromatic rings. The third kappa shape index (κ3) is 3.71. The molecule has 2 rings (SSSR count). The number of nitrogens with one attached hydrogen (secondary N) is 1. The Morgan fingerprint density at radius 2 is 2.06 bits per heavy atom. The van der Waals surface area contributed by atoms with E-state index in [1.165, 1.54) is 38.5 Å². The first-order valence-electron chi connectivity index (χ1n) is 7.68. The van der Waals surface area contributed by atoms with Crippen molar-refractivity contribution in [3.8, 4) is 0 Å². The lowest BCUT2D eigenvalue weighted by atomic mass is 9.84. The van der Waals surface area contributed by atoms with Crippen LogP contribution in [-0.4, -0.2) is 36.5 Å². The zero-order valence-electron chi connectivity index (χ0n) is 12.0. The van der Waals surface area contributed by atoms with Crippen LogP contribution in [0.2, 0.25) is 0 Å². The molecular weight excluding hydrogens is 224 g/mol. The molecule has 1 aliphatic carbocycles. The van der Waals surface area contributed by atoms with Crippen molar-refractivity contribution < 1.29 is 4.79 Å². The first-order chi connectivity index (χ1) is 8.69. The summed E-state index contributed by atoms with van der Waals surface area (Å²) in [6.07, 6.45) is 7.94. The average molecular weight is 252 g/mol. The molecule has 3 heteroatoms. The summed E-state index contributed by atoms with van der Waals surface area (Å²) in [5.74, 6) is 1.85. The second kappa shape index (κ2) is 6.55. The van der Waals surface area contributed by atoms with E-state index in [4.69, 9.17) is 0 Å². The summed E-state index contributed by atoms with van der Waals surface area (Å²) in [5, 5.41) is 3.70. The minimum atomic E-state index is 0.242. The van der Waals surface area contributed by atoms with Crippen molar-refractivity contribution in [3.05, 3.63) is 0 Å². The lowest BCUT2D eigenvalue weighted by Crippen LogP contribution is -2.51. The minimum absolute atomic E-state index is 0.242. The van der Waals surface area contributed by atoms with Gasteiger partial charge in [-0.15, -0.1) is 0 Å². The van der Waals surface area contributed by atoms with Crippen molar-refractivity contribution in [2.75, 3.05) is 19.6 Å². The minimum Gasteiger partial charge on any atom is -0.341 e. The summed E-state index contributed by atoms with van der Waals surface area (Å²) in [4.78, 5) is 13.6. The number of likely N-dealkylation sites (tertiary alicyclic amines) is 1. The zero-order chi connectivity index (χ0) is 13.0. The number of amides is 1. The van der Waals surface area contributed by atoms with Crippen molar-refractivity contribution >= 4 is 5.91 Å². The van der Waals surface area contributed by atoms with Crippen molar-refractivity contribution in [2.45, 2.75) is 58.4 Å². The van der Waals surface area contributed by atoms with Crippen LogP contribution in [0.4, 0.5) is 0 Å². The maximum atomic E-state index is 11.6. The summed E-state index contributed by atoms with van der Waals surface area (Å²) in [7, 11) is 0. The number of carbonyl (C=O) groups is 1. The van der Waals surface area contributed by atoms with Gasteiger partial charge in [-0.05, 0) is 44.1 Å². The molecule has 2 atom stereocenters. The smallest absolute Gasteiger partial charge is 0.219 e. The molecule has 0 aromatic carbocycles. The van der Waals surface area contributed by atoms with Crippen LogP contribution in [0.1, 0.15) is 52.4 Å². The highest BCUT2D eigenvalue weighted by atomic mass is 16.2. The van der Waals surface area contributed by atoms with Crippen molar-refractivity contribution in [1.29, 1.82) is 0 Å². The quantitative estimate of drug-likeness (QED) is 0.815. The molecular formula is C15H28N2O. The van der Waals surface area contributed by atoms with E-state index >= 15 is 0 Å². The SMILES string of the molecule is CCCC1CC(NCC2CCC2)CN(C(C)=O)C1. The van der Waals surface area contributed by atoms with Crippen LogP contribution < -0.4 is 5.32 Å². The van der Waals surface area contributed by atoms with Crippen LogP contribution >= 0.6 is 0 Å². The molecule has 3 nitrogen and oxygen atoms in total. The van der Waals surface area contributed by atoms with Crippen LogP contribution in [0.15, 0.2) is 0 Å². The highest BCUT2D eigenvalue weighted by Gasteiger charge is 2.28. The molecule has 2 unspecified atom stereocenters. The van der Waals surface area contributed by atoms with Gasteiger partial charge in [0.25, 0.3) is 0 Å². The first-order valence-corrected chi connectivity index (χ1v) is 7.68. The Balaban J connectivity index is 1.81. The Hall–Kier alpha value is -0.570. The Morgan fingerprint density at radius 3 is 2.61 bits per heavy atom. The van der Waals surface area contributed by atoms with Gasteiger partial charge in [-0.3, -0.25) is 4.79 Å². The number of hydrogen-bond acceptors (Lipinski definition) is 2. The van der Waals surface area contributed by atoms with E-state index in [1.807, 2.05) is 4.90 Å². The Kier molecular flexibility index (Phi) is 5.04. The molecule has 2 fully saturated rings. The summed E-state index contributed by atoms with van der Waals surface area (Å²) in [6.45, 7) is 7.00. The van der Waals surface area contributed by atoms with Gasteiger partial charge in [0.2, 0.25) is 5.91 Å². The topological polar surface area (TPSA) is 32.3 Å². The van der Waals surface area contributed by atoms with Gasteiger partial charge in [0.15, 0.2) is 0 Å². The summed E-state index contributed by atoms with van der Waals surface area (Å²) in [5.41, 5.74) is 0. The molecule has 1 N–H and O–H groups in total. The summed E-state index contributed by atoms with van der Waals surface area (Å²) >= 11 is 0. The second-order valence-corrected chi connectivity index (χ2v) is 6.22. The van der Waals surface area contributed by atoms with Crippen LogP contribution in [0, 0.1) is 11.8 Å². The van der Waals surface area contributed by atoms with Gasteiger partial charge in [0.1, 0.15) is 0 Å². The maximum Gasteiger partial charge on any atom is 0.219 e. The zero-order valence-corrected chi connectivity index (χ0v) is 12.0. The Morgan fingerprint density at radius 1 is 1.28 bits per heavy atom. The lowest BCUT2D eigenvalue weighted by Gasteiger charge is -2.39.